The van der Waals surface area contributed by atoms with Crippen LogP contribution in [0.25, 0.3) is 22.3 Å². The lowest BCUT2D eigenvalue weighted by atomic mass is 9.90. The van der Waals surface area contributed by atoms with Crippen molar-refractivity contribution in [2.75, 3.05) is 18.0 Å². The van der Waals surface area contributed by atoms with E-state index < -0.39 is 0 Å². The largest absolute Gasteiger partial charge is 0.370 e. The van der Waals surface area contributed by atoms with Crippen LogP contribution < -0.4 is 4.90 Å². The van der Waals surface area contributed by atoms with Gasteiger partial charge in [0.15, 0.2) is 0 Å². The fourth-order valence-electron chi connectivity index (χ4n) is 4.67. The zero-order chi connectivity index (χ0) is 18.2. The Morgan fingerprint density at radius 1 is 0.815 bits per heavy atom. The zero-order valence-electron chi connectivity index (χ0n) is 15.4. The van der Waals surface area contributed by atoms with E-state index in [4.69, 9.17) is 0 Å². The first-order valence-electron chi connectivity index (χ1n) is 9.85. The number of rotatable bonds is 2. The molecule has 1 aliphatic heterocycles. The van der Waals surface area contributed by atoms with Crippen LogP contribution in [-0.2, 0) is 6.42 Å². The molecule has 2 nitrogen and oxygen atoms in total. The summed E-state index contributed by atoms with van der Waals surface area (Å²) >= 11 is 0. The third-order valence-electron chi connectivity index (χ3n) is 5.96. The Hall–Kier alpha value is -3.05. The molecule has 0 N–H and O–H groups in total. The highest BCUT2D eigenvalue weighted by Gasteiger charge is 2.29. The summed E-state index contributed by atoms with van der Waals surface area (Å²) in [5, 5.41) is 10.1. The number of fused-ring (bicyclic) bond motifs is 3. The maximum absolute atomic E-state index is 10.1. The van der Waals surface area contributed by atoms with Crippen molar-refractivity contribution in [2.45, 2.75) is 25.7 Å². The fourth-order valence-corrected chi connectivity index (χ4v) is 4.67. The molecule has 3 aromatic carbocycles. The van der Waals surface area contributed by atoms with Gasteiger partial charge in [-0.25, -0.2) is 0 Å². The Kier molecular flexibility index (Phi) is 3.94. The first-order valence-corrected chi connectivity index (χ1v) is 9.85. The van der Waals surface area contributed by atoms with Crippen LogP contribution in [0.4, 0.5) is 5.69 Å². The number of hydrogen-bond donors (Lipinski definition) is 0. The lowest BCUT2D eigenvalue weighted by molar-refractivity contribution is 0.577. The van der Waals surface area contributed by atoms with Crippen LogP contribution >= 0.6 is 0 Å². The van der Waals surface area contributed by atoms with Crippen LogP contribution in [0.15, 0.2) is 60.7 Å². The van der Waals surface area contributed by atoms with Gasteiger partial charge in [-0.2, -0.15) is 5.26 Å². The van der Waals surface area contributed by atoms with E-state index >= 15 is 0 Å². The Morgan fingerprint density at radius 2 is 1.56 bits per heavy atom. The van der Waals surface area contributed by atoms with Crippen molar-refractivity contribution < 1.29 is 0 Å². The molecule has 0 atom stereocenters. The number of nitrogens with zero attached hydrogens (tertiary/aromatic N) is 2. The lowest BCUT2D eigenvalue weighted by Gasteiger charge is -2.31. The average molecular weight is 350 g/mol. The number of nitriles is 1. The second-order valence-corrected chi connectivity index (χ2v) is 7.53. The highest BCUT2D eigenvalue weighted by atomic mass is 15.1. The molecule has 27 heavy (non-hydrogen) atoms. The summed E-state index contributed by atoms with van der Waals surface area (Å²) in [6, 6.07) is 24.1. The van der Waals surface area contributed by atoms with Gasteiger partial charge in [0.2, 0.25) is 0 Å². The summed E-state index contributed by atoms with van der Waals surface area (Å²) in [5.41, 5.74) is 9.53. The van der Waals surface area contributed by atoms with Gasteiger partial charge in [0.05, 0.1) is 11.3 Å². The molecule has 1 heterocycles. The smallest absolute Gasteiger partial charge is 0.102 e. The maximum Gasteiger partial charge on any atom is 0.102 e. The standard InChI is InChI=1S/C25H22N2/c26-17-23-24(27-13-7-2-8-14-27)16-21(18-9-3-1-4-10-18)22-15-19-11-5-6-12-20(19)25(22)23/h1,3-6,9-12,16H,2,7-8,13-15H2. The van der Waals surface area contributed by atoms with Gasteiger partial charge in [0.25, 0.3) is 0 Å². The third-order valence-corrected chi connectivity index (χ3v) is 5.96. The fraction of sp³-hybridized carbons (Fsp3) is 0.240. The zero-order valence-corrected chi connectivity index (χ0v) is 15.4. The van der Waals surface area contributed by atoms with Crippen molar-refractivity contribution in [3.8, 4) is 28.3 Å². The van der Waals surface area contributed by atoms with Crippen molar-refractivity contribution in [1.82, 2.24) is 0 Å². The predicted octanol–water partition coefficient (Wildman–Crippen LogP) is 5.79. The number of benzene rings is 3. The highest BCUT2D eigenvalue weighted by molar-refractivity contribution is 5.93. The summed E-state index contributed by atoms with van der Waals surface area (Å²) in [5.74, 6) is 0. The van der Waals surface area contributed by atoms with E-state index in [2.05, 4.69) is 71.6 Å². The van der Waals surface area contributed by atoms with Gasteiger partial charge in [-0.15, -0.1) is 0 Å². The van der Waals surface area contributed by atoms with Crippen molar-refractivity contribution in [3.05, 3.63) is 77.4 Å². The van der Waals surface area contributed by atoms with Gasteiger partial charge in [0.1, 0.15) is 6.07 Å². The van der Waals surface area contributed by atoms with Crippen LogP contribution in [0.5, 0.6) is 0 Å². The van der Waals surface area contributed by atoms with E-state index in [1.807, 2.05) is 0 Å². The molecule has 0 aromatic heterocycles. The predicted molar refractivity (Wildman–Crippen MR) is 111 cm³/mol. The van der Waals surface area contributed by atoms with Crippen molar-refractivity contribution in [1.29, 1.82) is 5.26 Å². The molecule has 1 fully saturated rings. The minimum Gasteiger partial charge on any atom is -0.370 e. The third kappa shape index (κ3) is 2.62. The Labute approximate surface area is 160 Å². The first kappa shape index (κ1) is 16.1. The summed E-state index contributed by atoms with van der Waals surface area (Å²) in [6.45, 7) is 2.09. The van der Waals surface area contributed by atoms with Gasteiger partial charge in [-0.05, 0) is 59.6 Å². The molecule has 0 bridgehead atoms. The Bertz CT molecular complexity index is 1040. The van der Waals surface area contributed by atoms with Gasteiger partial charge in [-0.1, -0.05) is 54.6 Å². The molecular weight excluding hydrogens is 328 g/mol. The van der Waals surface area contributed by atoms with E-state index in [0.29, 0.717) is 0 Å². The highest BCUT2D eigenvalue weighted by Crippen LogP contribution is 2.47. The molecule has 2 heteroatoms. The van der Waals surface area contributed by atoms with Crippen LogP contribution in [0.2, 0.25) is 0 Å². The maximum atomic E-state index is 10.1. The van der Waals surface area contributed by atoms with E-state index in [-0.39, 0.29) is 0 Å². The topological polar surface area (TPSA) is 27.0 Å². The van der Waals surface area contributed by atoms with Gasteiger partial charge < -0.3 is 4.90 Å². The molecular formula is C25H22N2. The number of anilines is 1. The Morgan fingerprint density at radius 3 is 2.33 bits per heavy atom. The molecule has 1 aliphatic carbocycles. The second kappa shape index (κ2) is 6.59. The molecule has 5 rings (SSSR count). The summed E-state index contributed by atoms with van der Waals surface area (Å²) in [4.78, 5) is 2.43. The second-order valence-electron chi connectivity index (χ2n) is 7.53. The van der Waals surface area contributed by atoms with Crippen molar-refractivity contribution in [3.63, 3.8) is 0 Å². The molecule has 0 amide bonds. The van der Waals surface area contributed by atoms with Gasteiger partial charge >= 0.3 is 0 Å². The minimum atomic E-state index is 0.858. The normalized spacial score (nSPS) is 15.1. The van der Waals surface area contributed by atoms with Crippen LogP contribution in [-0.4, -0.2) is 13.1 Å². The van der Waals surface area contributed by atoms with Gasteiger partial charge in [-0.3, -0.25) is 0 Å². The molecule has 0 unspecified atom stereocenters. The summed E-state index contributed by atoms with van der Waals surface area (Å²) in [7, 11) is 0. The van der Waals surface area contributed by atoms with Crippen molar-refractivity contribution >= 4 is 5.69 Å². The number of hydrogen-bond acceptors (Lipinski definition) is 2. The van der Waals surface area contributed by atoms with Crippen LogP contribution in [0.1, 0.15) is 36.0 Å². The quantitative estimate of drug-likeness (QED) is 0.458. The molecule has 0 spiro atoms. The van der Waals surface area contributed by atoms with E-state index in [9.17, 15) is 5.26 Å². The van der Waals surface area contributed by atoms with E-state index in [0.717, 1.165) is 36.3 Å². The van der Waals surface area contributed by atoms with Gasteiger partial charge in [0, 0.05) is 18.7 Å². The molecule has 0 saturated carbocycles. The molecule has 132 valence electrons. The molecule has 3 aromatic rings. The SMILES string of the molecule is N#Cc1c(N2CCCCC2)cc(-c2ccccc2)c2c1-c1ccccc1C2. The average Bonchev–Trinajstić information content (AvgIpc) is 3.13. The summed E-state index contributed by atoms with van der Waals surface area (Å²) < 4.78 is 0. The van der Waals surface area contributed by atoms with Crippen LogP contribution in [0, 0.1) is 11.3 Å². The lowest BCUT2D eigenvalue weighted by Crippen LogP contribution is -2.30. The molecule has 1 saturated heterocycles. The van der Waals surface area contributed by atoms with Crippen LogP contribution in [0.3, 0.4) is 0 Å². The first-order chi connectivity index (χ1) is 13.4. The van der Waals surface area contributed by atoms with E-state index in [1.165, 1.54) is 47.1 Å². The van der Waals surface area contributed by atoms with E-state index in [1.54, 1.807) is 0 Å². The minimum absolute atomic E-state index is 0.858. The summed E-state index contributed by atoms with van der Waals surface area (Å²) in [6.07, 6.45) is 4.61. The van der Waals surface area contributed by atoms with Crippen molar-refractivity contribution in [2.24, 2.45) is 0 Å². The molecule has 0 radical (unpaired) electrons. The molecule has 2 aliphatic rings. The number of piperidine rings is 1. The Balaban J connectivity index is 1.80. The monoisotopic (exact) mass is 350 g/mol.